The van der Waals surface area contributed by atoms with Gasteiger partial charge < -0.3 is 5.73 Å². The molecule has 0 saturated heterocycles. The SMILES string of the molecule is Fc1cccc(F)c1CN=Nc1c(F)cccc1F.Nc1c(F)cccc1F. The van der Waals surface area contributed by atoms with Crippen LogP contribution in [0, 0.1) is 34.9 Å². The molecule has 146 valence electrons. The molecule has 0 spiro atoms. The first-order chi connectivity index (χ1) is 13.3. The zero-order valence-corrected chi connectivity index (χ0v) is 14.1. The summed E-state index contributed by atoms with van der Waals surface area (Å²) in [5.74, 6) is -4.78. The smallest absolute Gasteiger partial charge is 0.156 e. The quantitative estimate of drug-likeness (QED) is 0.325. The average Bonchev–Trinajstić information content (AvgIpc) is 2.65. The van der Waals surface area contributed by atoms with E-state index in [9.17, 15) is 26.3 Å². The molecule has 0 bridgehead atoms. The van der Waals surface area contributed by atoms with E-state index in [1.165, 1.54) is 18.2 Å². The highest BCUT2D eigenvalue weighted by Crippen LogP contribution is 2.22. The minimum atomic E-state index is -0.891. The van der Waals surface area contributed by atoms with Crippen molar-refractivity contribution in [3.05, 3.63) is 95.1 Å². The highest BCUT2D eigenvalue weighted by atomic mass is 19.2. The molecule has 0 radical (unpaired) electrons. The van der Waals surface area contributed by atoms with Crippen LogP contribution in [0.1, 0.15) is 5.56 Å². The molecule has 0 amide bonds. The molecule has 0 atom stereocenters. The molecule has 0 saturated carbocycles. The van der Waals surface area contributed by atoms with Crippen LogP contribution in [0.3, 0.4) is 0 Å². The molecular weight excluding hydrogens is 384 g/mol. The summed E-state index contributed by atoms with van der Waals surface area (Å²) < 4.78 is 77.3. The Morgan fingerprint density at radius 3 is 1.43 bits per heavy atom. The molecule has 0 aliphatic heterocycles. The molecule has 3 nitrogen and oxygen atoms in total. The van der Waals surface area contributed by atoms with Gasteiger partial charge in [0.25, 0.3) is 0 Å². The summed E-state index contributed by atoms with van der Waals surface area (Å²) in [5.41, 5.74) is 3.63. The normalized spacial score (nSPS) is 10.6. The number of nitrogen functional groups attached to an aromatic ring is 1. The Bertz CT molecular complexity index is 931. The summed E-state index contributed by atoms with van der Waals surface area (Å²) >= 11 is 0. The van der Waals surface area contributed by atoms with Crippen molar-refractivity contribution >= 4 is 11.4 Å². The second-order valence-corrected chi connectivity index (χ2v) is 5.31. The first-order valence-corrected chi connectivity index (χ1v) is 7.75. The van der Waals surface area contributed by atoms with Crippen molar-refractivity contribution in [3.8, 4) is 0 Å². The maximum absolute atomic E-state index is 13.2. The van der Waals surface area contributed by atoms with Crippen LogP contribution in [0.25, 0.3) is 0 Å². The van der Waals surface area contributed by atoms with E-state index in [4.69, 9.17) is 5.73 Å². The maximum atomic E-state index is 13.2. The summed E-state index contributed by atoms with van der Waals surface area (Å²) in [6.45, 7) is -0.438. The molecular formula is C19H13F6N3. The first-order valence-electron chi connectivity index (χ1n) is 7.75. The lowest BCUT2D eigenvalue weighted by molar-refractivity contribution is 0.553. The fraction of sp³-hybridized carbons (Fsp3) is 0.0526. The Morgan fingerprint density at radius 1 is 0.607 bits per heavy atom. The second kappa shape index (κ2) is 9.54. The number of hydrogen-bond acceptors (Lipinski definition) is 3. The van der Waals surface area contributed by atoms with Gasteiger partial charge in [-0.1, -0.05) is 18.2 Å². The molecule has 3 aromatic rings. The van der Waals surface area contributed by atoms with Gasteiger partial charge in [-0.3, -0.25) is 0 Å². The molecule has 0 aromatic heterocycles. The predicted molar refractivity (Wildman–Crippen MR) is 91.7 cm³/mol. The lowest BCUT2D eigenvalue weighted by atomic mass is 10.2. The lowest BCUT2D eigenvalue weighted by Crippen LogP contribution is -1.93. The van der Waals surface area contributed by atoms with Crippen LogP contribution in [0.2, 0.25) is 0 Å². The molecule has 0 unspecified atom stereocenters. The van der Waals surface area contributed by atoms with E-state index in [1.807, 2.05) is 0 Å². The maximum Gasteiger partial charge on any atom is 0.156 e. The Labute approximate surface area is 156 Å². The van der Waals surface area contributed by atoms with Gasteiger partial charge in [-0.15, -0.1) is 5.11 Å². The van der Waals surface area contributed by atoms with E-state index in [0.717, 1.165) is 36.4 Å². The van der Waals surface area contributed by atoms with Crippen molar-refractivity contribution in [1.29, 1.82) is 0 Å². The van der Waals surface area contributed by atoms with E-state index >= 15 is 0 Å². The van der Waals surface area contributed by atoms with Gasteiger partial charge in [0, 0.05) is 5.56 Å². The Kier molecular flexibility index (Phi) is 7.14. The number of benzene rings is 3. The van der Waals surface area contributed by atoms with Crippen molar-refractivity contribution in [3.63, 3.8) is 0 Å². The number of nitrogens with zero attached hydrogens (tertiary/aromatic N) is 2. The van der Waals surface area contributed by atoms with Gasteiger partial charge in [-0.25, -0.2) is 26.3 Å². The number of para-hydroxylation sites is 1. The monoisotopic (exact) mass is 397 g/mol. The van der Waals surface area contributed by atoms with Crippen LogP contribution >= 0.6 is 0 Å². The van der Waals surface area contributed by atoms with Crippen LogP contribution in [-0.4, -0.2) is 0 Å². The number of azo groups is 1. The third-order valence-corrected chi connectivity index (χ3v) is 3.40. The van der Waals surface area contributed by atoms with E-state index in [2.05, 4.69) is 10.2 Å². The number of hydrogen-bond donors (Lipinski definition) is 1. The van der Waals surface area contributed by atoms with Crippen LogP contribution in [0.15, 0.2) is 64.8 Å². The summed E-state index contributed by atoms with van der Waals surface area (Å²) in [4.78, 5) is 0. The fourth-order valence-electron chi connectivity index (χ4n) is 1.96. The van der Waals surface area contributed by atoms with Crippen molar-refractivity contribution < 1.29 is 26.3 Å². The molecule has 28 heavy (non-hydrogen) atoms. The third-order valence-electron chi connectivity index (χ3n) is 3.40. The molecule has 0 aliphatic rings. The lowest BCUT2D eigenvalue weighted by Gasteiger charge is -2.00. The van der Waals surface area contributed by atoms with Gasteiger partial charge in [0.15, 0.2) is 17.3 Å². The summed E-state index contributed by atoms with van der Waals surface area (Å²) in [6, 6.07) is 10.0. The van der Waals surface area contributed by atoms with E-state index in [0.29, 0.717) is 0 Å². The van der Waals surface area contributed by atoms with Crippen LogP contribution in [0.5, 0.6) is 0 Å². The van der Waals surface area contributed by atoms with Crippen molar-refractivity contribution in [2.45, 2.75) is 6.54 Å². The first kappa shape index (κ1) is 20.9. The molecule has 0 aliphatic carbocycles. The van der Waals surface area contributed by atoms with Gasteiger partial charge in [0.2, 0.25) is 0 Å². The standard InChI is InChI=1S/C13H8F4N2.C6H5F2N/c14-9-3-1-4-10(15)8(9)7-18-19-13-11(16)5-2-6-12(13)17;7-4-2-1-3-5(8)6(4)9/h1-6H,7H2;1-3H,9H2. The van der Waals surface area contributed by atoms with Crippen LogP contribution in [0.4, 0.5) is 37.7 Å². The summed E-state index contributed by atoms with van der Waals surface area (Å²) in [6.07, 6.45) is 0. The highest BCUT2D eigenvalue weighted by molar-refractivity contribution is 5.40. The molecule has 3 rings (SSSR count). The molecule has 0 fully saturated rings. The van der Waals surface area contributed by atoms with Crippen LogP contribution in [-0.2, 0) is 6.54 Å². The van der Waals surface area contributed by atoms with Crippen LogP contribution < -0.4 is 5.73 Å². The Balaban J connectivity index is 0.000000261. The number of nitrogens with two attached hydrogens (primary N) is 1. The minimum absolute atomic E-state index is 0.303. The molecule has 0 heterocycles. The predicted octanol–water partition coefficient (Wildman–Crippen LogP) is 6.07. The average molecular weight is 397 g/mol. The van der Waals surface area contributed by atoms with Crippen molar-refractivity contribution in [1.82, 2.24) is 0 Å². The van der Waals surface area contributed by atoms with E-state index < -0.39 is 52.8 Å². The minimum Gasteiger partial charge on any atom is -0.394 e. The second-order valence-electron chi connectivity index (χ2n) is 5.31. The van der Waals surface area contributed by atoms with Gasteiger partial charge >= 0.3 is 0 Å². The molecule has 3 aromatic carbocycles. The fourth-order valence-corrected chi connectivity index (χ4v) is 1.96. The number of anilines is 1. The van der Waals surface area contributed by atoms with Crippen molar-refractivity contribution in [2.24, 2.45) is 10.2 Å². The molecule has 9 heteroatoms. The Morgan fingerprint density at radius 2 is 1.00 bits per heavy atom. The zero-order chi connectivity index (χ0) is 20.7. The Hall–Kier alpha value is -3.36. The van der Waals surface area contributed by atoms with Gasteiger partial charge in [-0.2, -0.15) is 5.11 Å². The van der Waals surface area contributed by atoms with Gasteiger partial charge in [0.1, 0.15) is 29.0 Å². The number of halogens is 6. The van der Waals surface area contributed by atoms with E-state index in [1.54, 1.807) is 0 Å². The third kappa shape index (κ3) is 5.32. The molecule has 2 N–H and O–H groups in total. The largest absolute Gasteiger partial charge is 0.394 e. The van der Waals surface area contributed by atoms with Crippen molar-refractivity contribution in [2.75, 3.05) is 5.73 Å². The summed E-state index contributed by atoms with van der Waals surface area (Å²) in [7, 11) is 0. The number of rotatable bonds is 3. The van der Waals surface area contributed by atoms with Gasteiger partial charge in [-0.05, 0) is 36.4 Å². The summed E-state index contributed by atoms with van der Waals surface area (Å²) in [5, 5.41) is 6.74. The zero-order valence-electron chi connectivity index (χ0n) is 14.1. The highest BCUT2D eigenvalue weighted by Gasteiger charge is 2.09. The van der Waals surface area contributed by atoms with E-state index in [-0.39, 0.29) is 5.56 Å². The van der Waals surface area contributed by atoms with Gasteiger partial charge in [0.05, 0.1) is 6.54 Å². The topological polar surface area (TPSA) is 50.7 Å².